The summed E-state index contributed by atoms with van der Waals surface area (Å²) in [7, 11) is 5.34. The lowest BCUT2D eigenvalue weighted by Crippen LogP contribution is -2.02. The molecule has 0 fully saturated rings. The van der Waals surface area contributed by atoms with E-state index in [0.29, 0.717) is 11.2 Å². The Bertz CT molecular complexity index is 251. The summed E-state index contributed by atoms with van der Waals surface area (Å²) in [6.07, 6.45) is 1.51. The highest BCUT2D eigenvalue weighted by atomic mass is 14.7. The van der Waals surface area contributed by atoms with Gasteiger partial charge in [-0.15, -0.1) is 0 Å². The summed E-state index contributed by atoms with van der Waals surface area (Å²) in [6.45, 7) is 0. The molecular weight excluding hydrogens is 111 g/mol. The summed E-state index contributed by atoms with van der Waals surface area (Å²) in [6, 6.07) is 5.04. The fraction of sp³-hybridized carbons (Fsp3) is 0. The van der Waals surface area contributed by atoms with Gasteiger partial charge in [-0.25, -0.2) is 4.98 Å². The molecule has 0 aliphatic rings. The normalized spacial score (nSPS) is 8.33. The Balaban J connectivity index is 3.12. The second kappa shape index (κ2) is 2.32. The maximum absolute atomic E-state index is 8.29. The van der Waals surface area contributed by atoms with Gasteiger partial charge in [-0.05, 0) is 6.07 Å². The van der Waals surface area contributed by atoms with Crippen LogP contribution in [-0.2, 0) is 0 Å². The second-order valence-corrected chi connectivity index (χ2v) is 1.59. The van der Waals surface area contributed by atoms with Crippen LogP contribution in [0.4, 0.5) is 0 Å². The van der Waals surface area contributed by atoms with Crippen LogP contribution in [0.25, 0.3) is 0 Å². The van der Waals surface area contributed by atoms with Crippen molar-refractivity contribution < 1.29 is 0 Å². The van der Waals surface area contributed by atoms with Gasteiger partial charge in [-0.3, -0.25) is 0 Å². The van der Waals surface area contributed by atoms with Gasteiger partial charge >= 0.3 is 0 Å². The maximum atomic E-state index is 8.29. The van der Waals surface area contributed by atoms with E-state index in [-0.39, 0.29) is 0 Å². The van der Waals surface area contributed by atoms with Crippen LogP contribution in [0.2, 0.25) is 0 Å². The van der Waals surface area contributed by atoms with E-state index in [1.807, 2.05) is 6.07 Å². The van der Waals surface area contributed by atoms with Crippen molar-refractivity contribution in [2.24, 2.45) is 0 Å². The van der Waals surface area contributed by atoms with Crippen LogP contribution in [0.1, 0.15) is 5.69 Å². The highest BCUT2D eigenvalue weighted by Crippen LogP contribution is 1.84. The van der Waals surface area contributed by atoms with Gasteiger partial charge < -0.3 is 0 Å². The van der Waals surface area contributed by atoms with Crippen LogP contribution in [-0.4, -0.2) is 12.8 Å². The maximum Gasteiger partial charge on any atom is 0.139 e. The second-order valence-electron chi connectivity index (χ2n) is 1.59. The molecule has 0 aromatic carbocycles. The lowest BCUT2D eigenvalue weighted by atomic mass is 9.97. The third-order valence-electron chi connectivity index (χ3n) is 0.899. The Morgan fingerprint density at radius 2 is 2.44 bits per heavy atom. The molecule has 0 aliphatic heterocycles. The Hall–Kier alpha value is -1.30. The molecule has 2 radical (unpaired) electrons. The minimum atomic E-state index is 0.356. The van der Waals surface area contributed by atoms with Crippen LogP contribution in [0.3, 0.4) is 0 Å². The third kappa shape index (κ3) is 1.30. The van der Waals surface area contributed by atoms with E-state index in [2.05, 4.69) is 4.98 Å². The SMILES string of the molecule is [B]c1ccnc(C#N)c1. The molecule has 2 nitrogen and oxygen atoms in total. The predicted octanol–water partition coefficient (Wildman–Crippen LogP) is -0.253. The van der Waals surface area contributed by atoms with Crippen LogP contribution in [0.15, 0.2) is 18.3 Å². The first-order valence-electron chi connectivity index (χ1n) is 2.44. The first-order valence-corrected chi connectivity index (χ1v) is 2.44. The topological polar surface area (TPSA) is 36.7 Å². The van der Waals surface area contributed by atoms with E-state index in [1.54, 1.807) is 6.07 Å². The van der Waals surface area contributed by atoms with E-state index in [4.69, 9.17) is 13.1 Å². The Morgan fingerprint density at radius 1 is 1.67 bits per heavy atom. The molecular formula is C6H3BN2. The van der Waals surface area contributed by atoms with Crippen LogP contribution in [0, 0.1) is 11.3 Å². The summed E-state index contributed by atoms with van der Waals surface area (Å²) in [5.74, 6) is 0. The highest BCUT2D eigenvalue weighted by molar-refractivity contribution is 6.32. The van der Waals surface area contributed by atoms with Gasteiger partial charge in [0.2, 0.25) is 0 Å². The number of hydrogen-bond acceptors (Lipinski definition) is 2. The molecule has 0 saturated heterocycles. The Kier molecular flexibility index (Phi) is 1.50. The zero-order chi connectivity index (χ0) is 6.69. The van der Waals surface area contributed by atoms with E-state index < -0.39 is 0 Å². The average Bonchev–Trinajstić information content (AvgIpc) is 1.88. The summed E-state index contributed by atoms with van der Waals surface area (Å²) >= 11 is 0. The van der Waals surface area contributed by atoms with Crippen molar-refractivity contribution in [2.75, 3.05) is 0 Å². The molecule has 0 N–H and O–H groups in total. The number of rotatable bonds is 0. The number of aromatic nitrogens is 1. The van der Waals surface area contributed by atoms with Crippen molar-refractivity contribution in [3.8, 4) is 6.07 Å². The largest absolute Gasteiger partial charge is 0.246 e. The van der Waals surface area contributed by atoms with Gasteiger partial charge in [0, 0.05) is 6.20 Å². The van der Waals surface area contributed by atoms with Crippen molar-refractivity contribution in [2.45, 2.75) is 0 Å². The van der Waals surface area contributed by atoms with E-state index in [9.17, 15) is 0 Å². The molecule has 40 valence electrons. The molecule has 0 unspecified atom stereocenters. The molecule has 0 atom stereocenters. The molecule has 1 aromatic heterocycles. The minimum Gasteiger partial charge on any atom is -0.246 e. The van der Waals surface area contributed by atoms with Crippen LogP contribution >= 0.6 is 0 Å². The van der Waals surface area contributed by atoms with Crippen molar-refractivity contribution in [3.63, 3.8) is 0 Å². The number of pyridine rings is 1. The summed E-state index contributed by atoms with van der Waals surface area (Å²) in [5.41, 5.74) is 0.927. The van der Waals surface area contributed by atoms with Gasteiger partial charge in [0.05, 0.1) is 0 Å². The zero-order valence-electron chi connectivity index (χ0n) is 4.70. The average molecular weight is 114 g/mol. The smallest absolute Gasteiger partial charge is 0.139 e. The molecule has 0 spiro atoms. The first-order chi connectivity index (χ1) is 4.33. The highest BCUT2D eigenvalue weighted by Gasteiger charge is 1.87. The van der Waals surface area contributed by atoms with Gasteiger partial charge in [0.15, 0.2) is 0 Å². The van der Waals surface area contributed by atoms with Crippen molar-refractivity contribution in [3.05, 3.63) is 24.0 Å². The number of hydrogen-bond donors (Lipinski definition) is 0. The van der Waals surface area contributed by atoms with Gasteiger partial charge in [-0.2, -0.15) is 5.26 Å². The molecule has 0 amide bonds. The van der Waals surface area contributed by atoms with Crippen molar-refractivity contribution in [1.29, 1.82) is 5.26 Å². The summed E-state index contributed by atoms with van der Waals surface area (Å²) in [4.78, 5) is 3.72. The van der Waals surface area contributed by atoms with E-state index in [0.717, 1.165) is 0 Å². The summed E-state index contributed by atoms with van der Waals surface area (Å²) < 4.78 is 0. The minimum absolute atomic E-state index is 0.356. The summed E-state index contributed by atoms with van der Waals surface area (Å²) in [5, 5.41) is 8.29. The molecule has 1 aromatic rings. The third-order valence-corrected chi connectivity index (χ3v) is 0.899. The van der Waals surface area contributed by atoms with Gasteiger partial charge in [-0.1, -0.05) is 11.5 Å². The molecule has 3 heteroatoms. The quantitative estimate of drug-likeness (QED) is 0.436. The first kappa shape index (κ1) is 5.83. The lowest BCUT2D eigenvalue weighted by molar-refractivity contribution is 1.27. The fourth-order valence-electron chi connectivity index (χ4n) is 0.508. The Morgan fingerprint density at radius 3 is 2.89 bits per heavy atom. The van der Waals surface area contributed by atoms with E-state index >= 15 is 0 Å². The molecule has 0 saturated carbocycles. The van der Waals surface area contributed by atoms with Gasteiger partial charge in [0.25, 0.3) is 0 Å². The predicted molar refractivity (Wildman–Crippen MR) is 34.3 cm³/mol. The fourth-order valence-corrected chi connectivity index (χ4v) is 0.508. The number of nitrogens with zero attached hydrogens (tertiary/aromatic N) is 2. The zero-order valence-corrected chi connectivity index (χ0v) is 4.70. The van der Waals surface area contributed by atoms with Crippen LogP contribution < -0.4 is 5.46 Å². The Labute approximate surface area is 54.6 Å². The van der Waals surface area contributed by atoms with Gasteiger partial charge in [0.1, 0.15) is 19.6 Å². The van der Waals surface area contributed by atoms with Crippen molar-refractivity contribution in [1.82, 2.24) is 4.98 Å². The lowest BCUT2D eigenvalue weighted by Gasteiger charge is -1.88. The van der Waals surface area contributed by atoms with Crippen LogP contribution in [0.5, 0.6) is 0 Å². The molecule has 9 heavy (non-hydrogen) atoms. The molecule has 0 bridgehead atoms. The number of nitriles is 1. The van der Waals surface area contributed by atoms with Crippen molar-refractivity contribution >= 4 is 13.3 Å². The molecule has 0 aliphatic carbocycles. The molecule has 1 heterocycles. The van der Waals surface area contributed by atoms with E-state index in [1.165, 1.54) is 12.3 Å². The standard InChI is InChI=1S/C6H3BN2/c7-5-1-2-9-6(3-5)4-8/h1-3H. The molecule has 1 rings (SSSR count). The monoisotopic (exact) mass is 114 g/mol.